The second-order valence-corrected chi connectivity index (χ2v) is 27.7. The summed E-state index contributed by atoms with van der Waals surface area (Å²) in [6.07, 6.45) is -81.6. The molecule has 8 heterocycles. The first-order valence-electron chi connectivity index (χ1n) is 35.3. The molecule has 0 bridgehead atoms. The van der Waals surface area contributed by atoms with Gasteiger partial charge in [0.15, 0.2) is 50.3 Å². The molecule has 0 aromatic heterocycles. The summed E-state index contributed by atoms with van der Waals surface area (Å²) in [5, 5.41) is 276. The molecular formula is C62H106N4O45. The average molecular weight is 1630 g/mol. The maximum absolute atomic E-state index is 13.3. The predicted octanol–water partition coefficient (Wildman–Crippen LogP) is -19.1. The van der Waals surface area contributed by atoms with E-state index >= 15 is 0 Å². The van der Waals surface area contributed by atoms with E-state index in [2.05, 4.69) is 21.3 Å². The smallest absolute Gasteiger partial charge is 0.217 e. The van der Waals surface area contributed by atoms with E-state index in [1.54, 1.807) is 0 Å². The highest BCUT2D eigenvalue weighted by Gasteiger charge is 2.61. The van der Waals surface area contributed by atoms with Gasteiger partial charge in [0.25, 0.3) is 0 Å². The van der Waals surface area contributed by atoms with Gasteiger partial charge in [0.05, 0.1) is 72.1 Å². The van der Waals surface area contributed by atoms with Crippen molar-refractivity contribution in [2.75, 3.05) is 73.2 Å². The molecule has 8 aliphatic rings. The van der Waals surface area contributed by atoms with Crippen LogP contribution in [-0.2, 0) is 99.7 Å². The second-order valence-electron chi connectivity index (χ2n) is 27.7. The van der Waals surface area contributed by atoms with Gasteiger partial charge in [-0.3, -0.25) is 19.2 Å². The normalized spacial score (nSPS) is 45.6. The van der Waals surface area contributed by atoms with Crippen LogP contribution in [0.2, 0.25) is 0 Å². The SMILES string of the molecule is CO[C@H]1[C@@H](O)[C@@H](CO)O[C@@H](O[C@H]2[C@@H](O)[C@@H](CO)O[C@@H](O[C@H]3[C@H](O)[C@@H](NC(C)=O)[C@H](O[C@@H]4[C@@H](O[C@H]5[C@H](O)[C@@H](CO[C@H]6O[C@H](CO)[C@@H](O)[C@H](O)[C@@H]6O)O[C@@H](O[C@H]6[C@H](O)[C@@H](NC(C)=O)[C@H](O[C@@H]([C@H](O)[C@H](CO)NC(C)=O)[C@H](O)CO)O[C@@H]6CO)[C@H]5O[C@@H]5OC[C@@H](O)[C@H](O)[C@H]5O)O[C@H](CO)[C@@H](O)[C@@H]4O)O[C@@H]3CO)[C@@H]2NC(C)=O)[C@@H]1O. The molecule has 4 amide bonds. The summed E-state index contributed by atoms with van der Waals surface area (Å²) in [5.41, 5.74) is 0. The number of rotatable bonds is 33. The van der Waals surface area contributed by atoms with Crippen molar-refractivity contribution >= 4 is 23.6 Å². The molecule has 0 aromatic carbocycles. The largest absolute Gasteiger partial charge is 0.394 e. The number of amides is 4. The van der Waals surface area contributed by atoms with Crippen LogP contribution in [0.4, 0.5) is 0 Å². The number of aliphatic hydroxyl groups is 24. The molecule has 0 spiro atoms. The summed E-state index contributed by atoms with van der Waals surface area (Å²) in [6.45, 7) is -6.96. The lowest BCUT2D eigenvalue weighted by Crippen LogP contribution is -2.71. The number of hydrogen-bond acceptors (Lipinski definition) is 45. The van der Waals surface area contributed by atoms with Crippen LogP contribution in [0.15, 0.2) is 0 Å². The van der Waals surface area contributed by atoms with Crippen molar-refractivity contribution in [1.82, 2.24) is 21.3 Å². The van der Waals surface area contributed by atoms with E-state index in [4.69, 9.17) is 80.5 Å². The number of carbonyl (C=O) groups excluding carboxylic acids is 4. The van der Waals surface area contributed by atoms with Gasteiger partial charge in [0, 0.05) is 34.8 Å². The van der Waals surface area contributed by atoms with Crippen LogP contribution in [0.25, 0.3) is 0 Å². The minimum absolute atomic E-state index is 0.811. The molecule has 49 heteroatoms. The molecule has 0 aromatic rings. The number of methoxy groups -OCH3 is 1. The maximum atomic E-state index is 13.3. The van der Waals surface area contributed by atoms with Gasteiger partial charge >= 0.3 is 0 Å². The van der Waals surface area contributed by atoms with Gasteiger partial charge < -0.3 is 224 Å². The summed E-state index contributed by atoms with van der Waals surface area (Å²) < 4.78 is 102. The Morgan fingerprint density at radius 3 is 1.30 bits per heavy atom. The molecule has 8 saturated heterocycles. The fourth-order valence-corrected chi connectivity index (χ4v) is 14.0. The van der Waals surface area contributed by atoms with Crippen molar-refractivity contribution in [1.29, 1.82) is 0 Å². The Labute approximate surface area is 630 Å². The Morgan fingerprint density at radius 2 is 0.766 bits per heavy atom. The zero-order chi connectivity index (χ0) is 82.1. The van der Waals surface area contributed by atoms with E-state index in [0.717, 1.165) is 34.8 Å². The van der Waals surface area contributed by atoms with Gasteiger partial charge in [-0.05, 0) is 0 Å². The van der Waals surface area contributed by atoms with Gasteiger partial charge in [0.2, 0.25) is 23.6 Å². The van der Waals surface area contributed by atoms with E-state index < -0.39 is 353 Å². The molecule has 644 valence electrons. The molecule has 0 radical (unpaired) electrons. The highest BCUT2D eigenvalue weighted by atomic mass is 16.8. The molecule has 8 rings (SSSR count). The lowest BCUT2D eigenvalue weighted by atomic mass is 9.93. The van der Waals surface area contributed by atoms with E-state index in [1.165, 1.54) is 0 Å². The summed E-state index contributed by atoms with van der Waals surface area (Å²) in [6, 6.07) is -7.50. The van der Waals surface area contributed by atoms with Crippen LogP contribution in [-0.4, -0.2) is 483 Å². The van der Waals surface area contributed by atoms with Crippen LogP contribution in [0.1, 0.15) is 27.7 Å². The van der Waals surface area contributed by atoms with Crippen LogP contribution in [0.5, 0.6) is 0 Å². The number of hydrogen-bond donors (Lipinski definition) is 28. The van der Waals surface area contributed by atoms with Crippen molar-refractivity contribution in [3.05, 3.63) is 0 Å². The van der Waals surface area contributed by atoms with Gasteiger partial charge in [-0.25, -0.2) is 0 Å². The first-order valence-corrected chi connectivity index (χ1v) is 35.3. The third kappa shape index (κ3) is 21.4. The Morgan fingerprint density at radius 1 is 0.360 bits per heavy atom. The van der Waals surface area contributed by atoms with Crippen molar-refractivity contribution in [2.24, 2.45) is 0 Å². The lowest BCUT2D eigenvalue weighted by Gasteiger charge is -2.52. The molecular weight excluding hydrogens is 1520 g/mol. The Kier molecular flexibility index (Phi) is 34.7. The number of nitrogens with one attached hydrogen (secondary N) is 4. The average Bonchev–Trinajstić information content (AvgIpc) is 0.763. The molecule has 0 saturated carbocycles. The van der Waals surface area contributed by atoms with Gasteiger partial charge in [-0.1, -0.05) is 0 Å². The highest BCUT2D eigenvalue weighted by molar-refractivity contribution is 5.74. The van der Waals surface area contributed by atoms with Crippen LogP contribution in [0.3, 0.4) is 0 Å². The number of carbonyl (C=O) groups is 4. The minimum Gasteiger partial charge on any atom is -0.394 e. The second kappa shape index (κ2) is 41.6. The topological polar surface area (TPSA) is 759 Å². The summed E-state index contributed by atoms with van der Waals surface area (Å²) >= 11 is 0. The van der Waals surface area contributed by atoms with Gasteiger partial charge in [0.1, 0.15) is 207 Å². The molecule has 49 nitrogen and oxygen atoms in total. The standard InChI is InChI=1S/C62H106N4O45/c1-16(75)63-20(6-67)33(81)47(21(79)7-68)105-55-30(64-17(2)76)41(89)49(28(13-74)102-55)107-62-54(111-59-44(92)34(82)22(80)14-96-59)52(39(87)29(104-62)15-97-58-45(93)42(90)35(83)23(8-69)99-58)109-61-53(43(91)36(84)24(9-70)101-61)110-56-31(65-18(3)77)40(88)48(27(12-73)103-56)106-57-32(66-19(4)78)50(37(85)25(10-71)98-57)108-60-46(94)51(95-5)38(86)26(11-72)100-60/h20-62,67-74,79-94H,6-15H2,1-5H3,(H,63,75)(H,64,76)(H,65,77)(H,66,78)/t20-,21+,22+,23+,24+,25+,26+,27+,28+,29+,30+,31+,32+,33+,34-,35+,36+,37-,38-,39+,40+,41+,42-,43-,44+,45-,46+,47+,48+,49+,50+,51-,52-,53-,54-,55-,56-,57-,58-,59-,60-,61+,62-/m0/s1. The monoisotopic (exact) mass is 1630 g/mol. The summed E-state index contributed by atoms with van der Waals surface area (Å²) in [4.78, 5) is 51.4. The molecule has 8 aliphatic heterocycles. The molecule has 0 aliphatic carbocycles. The lowest BCUT2D eigenvalue weighted by molar-refractivity contribution is -0.411. The van der Waals surface area contributed by atoms with Gasteiger partial charge in [-0.15, -0.1) is 0 Å². The van der Waals surface area contributed by atoms with Crippen molar-refractivity contribution in [2.45, 2.75) is 291 Å². The molecule has 28 N–H and O–H groups in total. The van der Waals surface area contributed by atoms with Crippen molar-refractivity contribution in [3.8, 4) is 0 Å². The number of aliphatic hydroxyl groups excluding tert-OH is 24. The van der Waals surface area contributed by atoms with Crippen LogP contribution in [0, 0.1) is 0 Å². The first kappa shape index (κ1) is 92.7. The van der Waals surface area contributed by atoms with E-state index in [9.17, 15) is 142 Å². The van der Waals surface area contributed by atoms with Crippen LogP contribution >= 0.6 is 0 Å². The minimum atomic E-state index is -2.49. The van der Waals surface area contributed by atoms with Crippen molar-refractivity contribution in [3.63, 3.8) is 0 Å². The summed E-state index contributed by atoms with van der Waals surface area (Å²) in [7, 11) is 1.10. The highest BCUT2D eigenvalue weighted by Crippen LogP contribution is 2.40. The molecule has 8 fully saturated rings. The molecule has 43 atom stereocenters. The molecule has 0 unspecified atom stereocenters. The quantitative estimate of drug-likeness (QED) is 0.0290. The Bertz CT molecular complexity index is 2880. The first-order chi connectivity index (χ1) is 52.6. The summed E-state index contributed by atoms with van der Waals surface area (Å²) in [5.74, 6) is -3.68. The zero-order valence-electron chi connectivity index (χ0n) is 60.2. The van der Waals surface area contributed by atoms with Crippen LogP contribution < -0.4 is 21.3 Å². The van der Waals surface area contributed by atoms with E-state index in [-0.39, 0.29) is 0 Å². The van der Waals surface area contributed by atoms with E-state index in [0.29, 0.717) is 0 Å². The maximum Gasteiger partial charge on any atom is 0.217 e. The predicted molar refractivity (Wildman–Crippen MR) is 344 cm³/mol. The Hall–Kier alpha value is -3.76. The fourth-order valence-electron chi connectivity index (χ4n) is 14.0. The Balaban J connectivity index is 1.18. The zero-order valence-corrected chi connectivity index (χ0v) is 60.2. The molecule has 111 heavy (non-hydrogen) atoms. The van der Waals surface area contributed by atoms with E-state index in [1.807, 2.05) is 0 Å². The third-order valence-corrected chi connectivity index (χ3v) is 19.9. The van der Waals surface area contributed by atoms with Crippen molar-refractivity contribution < 1.29 is 222 Å². The third-order valence-electron chi connectivity index (χ3n) is 19.9. The fraction of sp³-hybridized carbons (Fsp3) is 0.935. The number of ether oxygens (including phenoxy) is 17. The van der Waals surface area contributed by atoms with Gasteiger partial charge in [-0.2, -0.15) is 0 Å².